The maximum Gasteiger partial charge on any atom is 0.243 e. The van der Waals surface area contributed by atoms with Crippen molar-refractivity contribution in [3.8, 4) is 0 Å². The lowest BCUT2D eigenvalue weighted by Gasteiger charge is -2.20. The van der Waals surface area contributed by atoms with Crippen LogP contribution < -0.4 is 21.7 Å². The molecule has 130 valence electrons. The van der Waals surface area contributed by atoms with Crippen molar-refractivity contribution in [1.82, 2.24) is 25.9 Å². The molecule has 1 aliphatic heterocycles. The molecule has 0 saturated carbocycles. The summed E-state index contributed by atoms with van der Waals surface area (Å²) < 4.78 is 0. The van der Waals surface area contributed by atoms with E-state index in [0.29, 0.717) is 12.1 Å². The fourth-order valence-corrected chi connectivity index (χ4v) is 2.33. The number of nitrogens with one attached hydrogen (secondary N) is 4. The van der Waals surface area contributed by atoms with Crippen LogP contribution in [0.15, 0.2) is 12.5 Å². The van der Waals surface area contributed by atoms with Crippen LogP contribution in [-0.2, 0) is 25.6 Å². The van der Waals surface area contributed by atoms with Crippen LogP contribution in [0.25, 0.3) is 0 Å². The maximum atomic E-state index is 12.2. The molecule has 1 fully saturated rings. The molecule has 1 aliphatic rings. The van der Waals surface area contributed by atoms with Gasteiger partial charge in [-0.15, -0.1) is 0 Å². The van der Waals surface area contributed by atoms with Crippen LogP contribution in [0, 0.1) is 0 Å². The molecule has 10 heteroatoms. The highest BCUT2D eigenvalue weighted by molar-refractivity contribution is 5.95. The second-order valence-corrected chi connectivity index (χ2v) is 5.63. The van der Waals surface area contributed by atoms with Crippen LogP contribution >= 0.6 is 0 Å². The molecule has 1 saturated heterocycles. The maximum absolute atomic E-state index is 12.2. The Balaban J connectivity index is 1.87. The SMILES string of the molecule is C[C@H](NC(=O)[C@@H]1CCC(=O)N1)C(=O)N[C@@H](Cc1cnc[nH]1)C(N)=O. The number of carbonyl (C=O) groups excluding carboxylic acids is 4. The van der Waals surface area contributed by atoms with E-state index in [1.165, 1.54) is 19.4 Å². The van der Waals surface area contributed by atoms with E-state index in [1.807, 2.05) is 0 Å². The first-order valence-corrected chi connectivity index (χ1v) is 7.53. The molecule has 2 rings (SSSR count). The van der Waals surface area contributed by atoms with Gasteiger partial charge in [-0.3, -0.25) is 19.2 Å². The zero-order valence-electron chi connectivity index (χ0n) is 13.2. The number of amides is 4. The third-order valence-electron chi connectivity index (χ3n) is 3.70. The standard InChI is InChI=1S/C14H20N6O4/c1-7(18-14(24)9-2-3-11(21)19-9)13(23)20-10(12(15)22)4-8-5-16-6-17-8/h5-7,9-10H,2-4H2,1H3,(H2,15,22)(H,16,17)(H,18,24)(H,19,21)(H,20,23)/t7-,9-,10-/m0/s1. The molecular weight excluding hydrogens is 316 g/mol. The van der Waals surface area contributed by atoms with Gasteiger partial charge in [-0.2, -0.15) is 0 Å². The van der Waals surface area contributed by atoms with Gasteiger partial charge >= 0.3 is 0 Å². The highest BCUT2D eigenvalue weighted by atomic mass is 16.2. The van der Waals surface area contributed by atoms with Gasteiger partial charge in [0.25, 0.3) is 0 Å². The van der Waals surface area contributed by atoms with Crippen molar-refractivity contribution in [3.05, 3.63) is 18.2 Å². The molecular formula is C14H20N6O4. The molecule has 0 unspecified atom stereocenters. The summed E-state index contributed by atoms with van der Waals surface area (Å²) in [7, 11) is 0. The fraction of sp³-hybridized carbons (Fsp3) is 0.500. The van der Waals surface area contributed by atoms with Gasteiger partial charge in [0.1, 0.15) is 18.1 Å². The van der Waals surface area contributed by atoms with Crippen LogP contribution in [0.2, 0.25) is 0 Å². The number of hydrogen-bond acceptors (Lipinski definition) is 5. The Morgan fingerprint density at radius 2 is 2.17 bits per heavy atom. The van der Waals surface area contributed by atoms with Crippen molar-refractivity contribution >= 4 is 23.6 Å². The average Bonchev–Trinajstić information content (AvgIpc) is 3.17. The van der Waals surface area contributed by atoms with Gasteiger partial charge in [-0.05, 0) is 13.3 Å². The quantitative estimate of drug-likeness (QED) is 0.378. The Morgan fingerprint density at radius 3 is 2.71 bits per heavy atom. The van der Waals surface area contributed by atoms with Crippen molar-refractivity contribution in [3.63, 3.8) is 0 Å². The number of rotatable bonds is 7. The van der Waals surface area contributed by atoms with Crippen LogP contribution in [-0.4, -0.2) is 51.7 Å². The van der Waals surface area contributed by atoms with Crippen molar-refractivity contribution in [1.29, 1.82) is 0 Å². The summed E-state index contributed by atoms with van der Waals surface area (Å²) in [4.78, 5) is 53.4. The number of H-pyrrole nitrogens is 1. The number of hydrogen-bond donors (Lipinski definition) is 5. The van der Waals surface area contributed by atoms with Gasteiger partial charge in [0.2, 0.25) is 23.6 Å². The molecule has 1 aromatic heterocycles. The summed E-state index contributed by atoms with van der Waals surface area (Å²) in [6.45, 7) is 1.48. The lowest BCUT2D eigenvalue weighted by Crippen LogP contribution is -2.54. The number of aromatic amines is 1. The van der Waals surface area contributed by atoms with Crippen molar-refractivity contribution in [2.75, 3.05) is 0 Å². The number of nitrogens with zero attached hydrogens (tertiary/aromatic N) is 1. The third-order valence-corrected chi connectivity index (χ3v) is 3.70. The Kier molecular flexibility index (Phi) is 5.51. The van der Waals surface area contributed by atoms with E-state index in [4.69, 9.17) is 5.73 Å². The minimum absolute atomic E-state index is 0.167. The van der Waals surface area contributed by atoms with E-state index < -0.39 is 35.8 Å². The molecule has 1 aromatic rings. The summed E-state index contributed by atoms with van der Waals surface area (Å²) in [6, 6.07) is -2.44. The molecule has 6 N–H and O–H groups in total. The van der Waals surface area contributed by atoms with E-state index in [9.17, 15) is 19.2 Å². The molecule has 0 aromatic carbocycles. The highest BCUT2D eigenvalue weighted by Gasteiger charge is 2.30. The summed E-state index contributed by atoms with van der Waals surface area (Å²) in [6.07, 6.45) is 3.82. The normalized spacial score (nSPS) is 19.2. The minimum Gasteiger partial charge on any atom is -0.368 e. The number of imidazole rings is 1. The Labute approximate surface area is 138 Å². The van der Waals surface area contributed by atoms with Crippen molar-refractivity contribution in [2.24, 2.45) is 5.73 Å². The van der Waals surface area contributed by atoms with E-state index in [2.05, 4.69) is 25.9 Å². The number of nitrogens with two attached hydrogens (primary N) is 1. The minimum atomic E-state index is -0.927. The Bertz CT molecular complexity index is 629. The predicted molar refractivity (Wildman–Crippen MR) is 82.2 cm³/mol. The van der Waals surface area contributed by atoms with Gasteiger partial charge < -0.3 is 26.7 Å². The summed E-state index contributed by atoms with van der Waals surface area (Å²) in [5, 5.41) is 7.52. The smallest absolute Gasteiger partial charge is 0.243 e. The van der Waals surface area contributed by atoms with Gasteiger partial charge in [0, 0.05) is 24.7 Å². The molecule has 3 atom stereocenters. The molecule has 10 nitrogen and oxygen atoms in total. The van der Waals surface area contributed by atoms with Crippen LogP contribution in [0.3, 0.4) is 0 Å². The average molecular weight is 336 g/mol. The second kappa shape index (κ2) is 7.57. The monoisotopic (exact) mass is 336 g/mol. The molecule has 0 spiro atoms. The van der Waals surface area contributed by atoms with Crippen molar-refractivity contribution < 1.29 is 19.2 Å². The first kappa shape index (κ1) is 17.4. The van der Waals surface area contributed by atoms with Gasteiger partial charge in [0.05, 0.1) is 6.33 Å². The van der Waals surface area contributed by atoms with E-state index in [0.717, 1.165) is 0 Å². The number of carbonyl (C=O) groups is 4. The summed E-state index contributed by atoms with van der Waals surface area (Å²) >= 11 is 0. The van der Waals surface area contributed by atoms with Crippen LogP contribution in [0.1, 0.15) is 25.5 Å². The third kappa shape index (κ3) is 4.54. The molecule has 2 heterocycles. The second-order valence-electron chi connectivity index (χ2n) is 5.63. The Morgan fingerprint density at radius 1 is 1.42 bits per heavy atom. The van der Waals surface area contributed by atoms with E-state index in [1.54, 1.807) is 0 Å². The van der Waals surface area contributed by atoms with Gasteiger partial charge in [-0.25, -0.2) is 4.98 Å². The largest absolute Gasteiger partial charge is 0.368 e. The molecule has 0 aliphatic carbocycles. The zero-order valence-corrected chi connectivity index (χ0v) is 13.2. The van der Waals surface area contributed by atoms with Crippen LogP contribution in [0.5, 0.6) is 0 Å². The molecule has 0 radical (unpaired) electrons. The lowest BCUT2D eigenvalue weighted by atomic mass is 10.1. The highest BCUT2D eigenvalue weighted by Crippen LogP contribution is 2.06. The zero-order chi connectivity index (χ0) is 17.7. The number of primary amides is 1. The lowest BCUT2D eigenvalue weighted by molar-refractivity contribution is -0.131. The summed E-state index contributed by atoms with van der Waals surface area (Å²) in [5.41, 5.74) is 5.94. The summed E-state index contributed by atoms with van der Waals surface area (Å²) in [5.74, 6) is -1.87. The fourth-order valence-electron chi connectivity index (χ4n) is 2.33. The van der Waals surface area contributed by atoms with Gasteiger partial charge in [0.15, 0.2) is 0 Å². The molecule has 24 heavy (non-hydrogen) atoms. The first-order chi connectivity index (χ1) is 11.4. The van der Waals surface area contributed by atoms with Crippen molar-refractivity contribution in [2.45, 2.75) is 44.3 Å². The number of aromatic nitrogens is 2. The van der Waals surface area contributed by atoms with E-state index >= 15 is 0 Å². The van der Waals surface area contributed by atoms with Gasteiger partial charge in [-0.1, -0.05) is 0 Å². The topological polar surface area (TPSA) is 159 Å². The van der Waals surface area contributed by atoms with Crippen LogP contribution in [0.4, 0.5) is 0 Å². The Hall–Kier alpha value is -2.91. The predicted octanol–water partition coefficient (Wildman–Crippen LogP) is -2.29. The first-order valence-electron chi connectivity index (χ1n) is 7.53. The molecule has 4 amide bonds. The molecule has 0 bridgehead atoms. The van der Waals surface area contributed by atoms with E-state index in [-0.39, 0.29) is 18.7 Å².